The van der Waals surface area contributed by atoms with Gasteiger partial charge in [-0.05, 0) is 24.6 Å². The van der Waals surface area contributed by atoms with Gasteiger partial charge in [-0.25, -0.2) is 8.42 Å². The second-order valence-electron chi connectivity index (χ2n) is 3.29. The van der Waals surface area contributed by atoms with E-state index in [2.05, 4.69) is 4.72 Å². The summed E-state index contributed by atoms with van der Waals surface area (Å²) >= 11 is 0. The minimum atomic E-state index is -3.21. The van der Waals surface area contributed by atoms with E-state index in [1.54, 1.807) is 18.2 Å². The Bertz CT molecular complexity index is 418. The number of benzene rings is 1. The molecule has 0 amide bonds. The maximum absolute atomic E-state index is 10.9. The van der Waals surface area contributed by atoms with Crippen LogP contribution in [0.15, 0.2) is 24.3 Å². The van der Waals surface area contributed by atoms with Gasteiger partial charge in [0.2, 0.25) is 10.0 Å². The summed E-state index contributed by atoms with van der Waals surface area (Å²) in [6.07, 6.45) is 1.12. The summed E-state index contributed by atoms with van der Waals surface area (Å²) in [4.78, 5) is 0. The van der Waals surface area contributed by atoms with E-state index in [1.807, 2.05) is 13.0 Å². The highest BCUT2D eigenvalue weighted by Crippen LogP contribution is 2.16. The number of hydrogen-bond acceptors (Lipinski definition) is 3. The van der Waals surface area contributed by atoms with E-state index in [4.69, 9.17) is 5.73 Å². The van der Waals surface area contributed by atoms with E-state index in [-0.39, 0.29) is 18.4 Å². The lowest BCUT2D eigenvalue weighted by molar-refractivity contribution is 0.607. The van der Waals surface area contributed by atoms with E-state index in [0.29, 0.717) is 5.69 Å². The molecule has 0 aliphatic heterocycles. The molecule has 0 spiro atoms. The SMILES string of the molecule is CC(N)c1cccc(NS(C)(=O)=O)c1.Cl. The number of nitrogens with one attached hydrogen (secondary N) is 1. The molecule has 0 saturated heterocycles. The van der Waals surface area contributed by atoms with Crippen molar-refractivity contribution >= 4 is 28.1 Å². The van der Waals surface area contributed by atoms with Crippen molar-refractivity contribution in [3.63, 3.8) is 0 Å². The lowest BCUT2D eigenvalue weighted by atomic mass is 10.1. The first-order valence-electron chi connectivity index (χ1n) is 4.22. The molecular weight excluding hydrogens is 236 g/mol. The van der Waals surface area contributed by atoms with Gasteiger partial charge < -0.3 is 5.73 Å². The fourth-order valence-corrected chi connectivity index (χ4v) is 1.65. The topological polar surface area (TPSA) is 72.2 Å². The molecule has 1 rings (SSSR count). The third-order valence-electron chi connectivity index (χ3n) is 1.72. The van der Waals surface area contributed by atoms with Crippen molar-refractivity contribution < 1.29 is 8.42 Å². The fraction of sp³-hybridized carbons (Fsp3) is 0.333. The smallest absolute Gasteiger partial charge is 0.229 e. The quantitative estimate of drug-likeness (QED) is 0.854. The molecule has 4 nitrogen and oxygen atoms in total. The third-order valence-corrected chi connectivity index (χ3v) is 2.32. The predicted molar refractivity (Wildman–Crippen MR) is 64.8 cm³/mol. The first-order valence-corrected chi connectivity index (χ1v) is 6.11. The number of nitrogens with two attached hydrogens (primary N) is 1. The lowest BCUT2D eigenvalue weighted by Gasteiger charge is -2.08. The number of anilines is 1. The Hall–Kier alpha value is -0.780. The van der Waals surface area contributed by atoms with Crippen LogP contribution in [0.3, 0.4) is 0 Å². The van der Waals surface area contributed by atoms with Crippen molar-refractivity contribution in [3.05, 3.63) is 29.8 Å². The van der Waals surface area contributed by atoms with Crippen LogP contribution in [0.5, 0.6) is 0 Å². The molecule has 1 aromatic carbocycles. The van der Waals surface area contributed by atoms with Crippen LogP contribution in [0, 0.1) is 0 Å². The zero-order valence-electron chi connectivity index (χ0n) is 8.60. The fourth-order valence-electron chi connectivity index (χ4n) is 1.10. The van der Waals surface area contributed by atoms with E-state index < -0.39 is 10.0 Å². The van der Waals surface area contributed by atoms with Crippen LogP contribution in [-0.4, -0.2) is 14.7 Å². The molecule has 0 bridgehead atoms. The van der Waals surface area contributed by atoms with Crippen molar-refractivity contribution in [3.8, 4) is 0 Å². The summed E-state index contributed by atoms with van der Waals surface area (Å²) in [5.41, 5.74) is 7.11. The average molecular weight is 251 g/mol. The molecule has 3 N–H and O–H groups in total. The molecule has 0 radical (unpaired) electrons. The summed E-state index contributed by atoms with van der Waals surface area (Å²) < 4.78 is 24.3. The van der Waals surface area contributed by atoms with Gasteiger partial charge in [0, 0.05) is 11.7 Å². The molecule has 15 heavy (non-hydrogen) atoms. The standard InChI is InChI=1S/C9H14N2O2S.ClH/c1-7(10)8-4-3-5-9(6-8)11-14(2,12)13;/h3-7,11H,10H2,1-2H3;1H. The van der Waals surface area contributed by atoms with Crippen LogP contribution < -0.4 is 10.5 Å². The number of sulfonamides is 1. The summed E-state index contributed by atoms with van der Waals surface area (Å²) in [5.74, 6) is 0. The summed E-state index contributed by atoms with van der Waals surface area (Å²) in [7, 11) is -3.21. The Balaban J connectivity index is 0.00000196. The first kappa shape index (κ1) is 14.2. The van der Waals surface area contributed by atoms with Crippen LogP contribution in [0.4, 0.5) is 5.69 Å². The third kappa shape index (κ3) is 5.01. The van der Waals surface area contributed by atoms with Crippen molar-refractivity contribution in [2.45, 2.75) is 13.0 Å². The van der Waals surface area contributed by atoms with Gasteiger partial charge in [0.05, 0.1) is 6.26 Å². The Morgan fingerprint density at radius 2 is 2.00 bits per heavy atom. The summed E-state index contributed by atoms with van der Waals surface area (Å²) in [6.45, 7) is 1.85. The van der Waals surface area contributed by atoms with E-state index in [0.717, 1.165) is 11.8 Å². The lowest BCUT2D eigenvalue weighted by Crippen LogP contribution is -2.11. The van der Waals surface area contributed by atoms with Gasteiger partial charge in [-0.3, -0.25) is 4.72 Å². The molecule has 0 aromatic heterocycles. The van der Waals surface area contributed by atoms with Gasteiger partial charge in [-0.1, -0.05) is 12.1 Å². The largest absolute Gasteiger partial charge is 0.324 e. The zero-order chi connectivity index (χ0) is 10.8. The highest BCUT2D eigenvalue weighted by atomic mass is 35.5. The van der Waals surface area contributed by atoms with E-state index >= 15 is 0 Å². The molecule has 6 heteroatoms. The van der Waals surface area contributed by atoms with Crippen LogP contribution in [0.25, 0.3) is 0 Å². The van der Waals surface area contributed by atoms with Gasteiger partial charge in [0.15, 0.2) is 0 Å². The number of rotatable bonds is 3. The second-order valence-corrected chi connectivity index (χ2v) is 5.04. The summed E-state index contributed by atoms with van der Waals surface area (Å²) in [5, 5.41) is 0. The molecule has 86 valence electrons. The van der Waals surface area contributed by atoms with Crippen LogP contribution >= 0.6 is 12.4 Å². The molecule has 0 aliphatic carbocycles. The van der Waals surface area contributed by atoms with Crippen molar-refractivity contribution in [2.75, 3.05) is 11.0 Å². The molecule has 1 atom stereocenters. The summed E-state index contributed by atoms with van der Waals surface area (Å²) in [6, 6.07) is 6.94. The monoisotopic (exact) mass is 250 g/mol. The van der Waals surface area contributed by atoms with Gasteiger partial charge in [0.1, 0.15) is 0 Å². The van der Waals surface area contributed by atoms with Gasteiger partial charge in [-0.2, -0.15) is 0 Å². The normalized spacial score (nSPS) is 12.7. The molecular formula is C9H15ClN2O2S. The molecule has 1 aromatic rings. The highest BCUT2D eigenvalue weighted by Gasteiger charge is 2.04. The maximum atomic E-state index is 10.9. The molecule has 0 heterocycles. The average Bonchev–Trinajstić information content (AvgIpc) is 2.01. The van der Waals surface area contributed by atoms with Crippen molar-refractivity contribution in [1.82, 2.24) is 0 Å². The van der Waals surface area contributed by atoms with Crippen molar-refractivity contribution in [2.24, 2.45) is 5.73 Å². The Kier molecular flexibility index (Phi) is 5.07. The second kappa shape index (κ2) is 5.34. The molecule has 0 aliphatic rings. The highest BCUT2D eigenvalue weighted by molar-refractivity contribution is 7.92. The van der Waals surface area contributed by atoms with Gasteiger partial charge in [0.25, 0.3) is 0 Å². The first-order chi connectivity index (χ1) is 6.38. The van der Waals surface area contributed by atoms with E-state index in [9.17, 15) is 8.42 Å². The van der Waals surface area contributed by atoms with Gasteiger partial charge in [-0.15, -0.1) is 12.4 Å². The Morgan fingerprint density at radius 1 is 1.40 bits per heavy atom. The van der Waals surface area contributed by atoms with Crippen molar-refractivity contribution in [1.29, 1.82) is 0 Å². The predicted octanol–water partition coefficient (Wildman–Crippen LogP) is 1.50. The molecule has 1 unspecified atom stereocenters. The molecule has 0 fully saturated rings. The maximum Gasteiger partial charge on any atom is 0.229 e. The van der Waals surface area contributed by atoms with Gasteiger partial charge >= 0.3 is 0 Å². The molecule has 0 saturated carbocycles. The minimum absolute atomic E-state index is 0. The van der Waals surface area contributed by atoms with Crippen LogP contribution in [-0.2, 0) is 10.0 Å². The van der Waals surface area contributed by atoms with E-state index in [1.165, 1.54) is 0 Å². The zero-order valence-corrected chi connectivity index (χ0v) is 10.2. The van der Waals surface area contributed by atoms with Crippen LogP contribution in [0.2, 0.25) is 0 Å². The number of hydrogen-bond donors (Lipinski definition) is 2. The number of halogens is 1. The minimum Gasteiger partial charge on any atom is -0.324 e. The Morgan fingerprint density at radius 3 is 2.47 bits per heavy atom. The Labute approximate surface area is 96.3 Å². The van der Waals surface area contributed by atoms with Crippen LogP contribution in [0.1, 0.15) is 18.5 Å².